The molecule has 1 N–H and O–H groups in total. The number of hydrogen-bond donors (Lipinski definition) is 1. The lowest BCUT2D eigenvalue weighted by atomic mass is 10.2. The first-order chi connectivity index (χ1) is 11.5. The topological polar surface area (TPSA) is 71.7 Å². The van der Waals surface area contributed by atoms with Gasteiger partial charge < -0.3 is 9.67 Å². The van der Waals surface area contributed by atoms with E-state index in [9.17, 15) is 14.7 Å². The van der Waals surface area contributed by atoms with Gasteiger partial charge in [0.15, 0.2) is 4.80 Å². The summed E-state index contributed by atoms with van der Waals surface area (Å²) >= 11 is 4.62. The third-order valence-electron chi connectivity index (χ3n) is 3.55. The molecule has 0 saturated carbocycles. The Morgan fingerprint density at radius 1 is 1.21 bits per heavy atom. The summed E-state index contributed by atoms with van der Waals surface area (Å²) in [7, 11) is 0. The first-order valence-electron chi connectivity index (χ1n) is 7.15. The van der Waals surface area contributed by atoms with Crippen molar-refractivity contribution in [1.29, 1.82) is 0 Å². The highest BCUT2D eigenvalue weighted by Gasteiger charge is 2.19. The molecular formula is C17H13BrN2O3S. The molecule has 3 aromatic rings. The molecule has 1 atom stereocenters. The lowest BCUT2D eigenvalue weighted by Gasteiger charge is -2.09. The number of halogens is 1. The Morgan fingerprint density at radius 2 is 1.96 bits per heavy atom. The van der Waals surface area contributed by atoms with Gasteiger partial charge in [-0.05, 0) is 37.3 Å². The van der Waals surface area contributed by atoms with Crippen LogP contribution in [0.5, 0.6) is 0 Å². The highest BCUT2D eigenvalue weighted by molar-refractivity contribution is 9.10. The van der Waals surface area contributed by atoms with Crippen LogP contribution < -0.4 is 4.80 Å². The first-order valence-corrected chi connectivity index (χ1v) is 8.76. The molecule has 0 aliphatic carbocycles. The third-order valence-corrected chi connectivity index (χ3v) is 5.07. The molecule has 1 aromatic heterocycles. The van der Waals surface area contributed by atoms with Crippen LogP contribution in [-0.4, -0.2) is 21.6 Å². The van der Waals surface area contributed by atoms with Crippen molar-refractivity contribution in [2.75, 3.05) is 0 Å². The van der Waals surface area contributed by atoms with Crippen LogP contribution in [-0.2, 0) is 4.79 Å². The van der Waals surface area contributed by atoms with Gasteiger partial charge in [0, 0.05) is 10.0 Å². The van der Waals surface area contributed by atoms with Crippen molar-refractivity contribution in [2.24, 2.45) is 4.99 Å². The van der Waals surface area contributed by atoms with Crippen LogP contribution in [0, 0.1) is 0 Å². The van der Waals surface area contributed by atoms with Crippen molar-refractivity contribution < 1.29 is 14.7 Å². The zero-order chi connectivity index (χ0) is 17.3. The van der Waals surface area contributed by atoms with Crippen molar-refractivity contribution in [3.63, 3.8) is 0 Å². The minimum Gasteiger partial charge on any atom is -0.480 e. The van der Waals surface area contributed by atoms with E-state index in [4.69, 9.17) is 0 Å². The number of aliphatic carboxylic acids is 1. The number of carboxylic acids is 1. The molecule has 0 aliphatic rings. The molecular weight excluding hydrogens is 392 g/mol. The lowest BCUT2D eigenvalue weighted by Crippen LogP contribution is -2.25. The summed E-state index contributed by atoms with van der Waals surface area (Å²) in [6.45, 7) is 1.57. The van der Waals surface area contributed by atoms with E-state index in [2.05, 4.69) is 20.9 Å². The fourth-order valence-electron chi connectivity index (χ4n) is 2.33. The molecule has 1 unspecified atom stereocenters. The summed E-state index contributed by atoms with van der Waals surface area (Å²) in [5.74, 6) is -1.39. The first kappa shape index (κ1) is 16.6. The number of amides is 1. The molecule has 0 spiro atoms. The Labute approximate surface area is 150 Å². The summed E-state index contributed by atoms with van der Waals surface area (Å²) < 4.78 is 3.25. The molecule has 7 heteroatoms. The maximum absolute atomic E-state index is 12.4. The van der Waals surface area contributed by atoms with Crippen LogP contribution in [0.2, 0.25) is 0 Å². The number of carbonyl (C=O) groups is 2. The zero-order valence-electron chi connectivity index (χ0n) is 12.6. The highest BCUT2D eigenvalue weighted by atomic mass is 79.9. The number of nitrogens with zero attached hydrogens (tertiary/aromatic N) is 2. The third kappa shape index (κ3) is 3.18. The Balaban J connectivity index is 2.19. The second-order valence-electron chi connectivity index (χ2n) is 5.16. The van der Waals surface area contributed by atoms with E-state index >= 15 is 0 Å². The number of carbonyl (C=O) groups excluding carboxylic acids is 1. The van der Waals surface area contributed by atoms with E-state index in [1.54, 1.807) is 29.7 Å². The average molecular weight is 405 g/mol. The van der Waals surface area contributed by atoms with Crippen molar-refractivity contribution in [3.05, 3.63) is 63.4 Å². The Morgan fingerprint density at radius 3 is 2.67 bits per heavy atom. The Hall–Kier alpha value is -2.25. The number of benzene rings is 2. The number of carboxylic acid groups (broad SMARTS) is 1. The van der Waals surface area contributed by atoms with Crippen molar-refractivity contribution >= 4 is 49.4 Å². The van der Waals surface area contributed by atoms with Gasteiger partial charge in [0.05, 0.1) is 10.2 Å². The molecule has 2 aromatic carbocycles. The number of rotatable bonds is 3. The largest absolute Gasteiger partial charge is 0.480 e. The number of aromatic nitrogens is 1. The number of para-hydroxylation sites is 1. The molecule has 122 valence electrons. The minimum absolute atomic E-state index is 0.371. The van der Waals surface area contributed by atoms with Gasteiger partial charge in [-0.3, -0.25) is 4.79 Å². The van der Waals surface area contributed by atoms with E-state index in [1.807, 2.05) is 30.3 Å². The normalized spacial score (nSPS) is 13.2. The van der Waals surface area contributed by atoms with E-state index in [0.717, 1.165) is 14.7 Å². The highest BCUT2D eigenvalue weighted by Crippen LogP contribution is 2.21. The summed E-state index contributed by atoms with van der Waals surface area (Å²) in [5.41, 5.74) is 1.19. The maximum atomic E-state index is 12.4. The molecule has 1 amide bonds. The summed E-state index contributed by atoms with van der Waals surface area (Å²) in [6, 6.07) is 13.5. The zero-order valence-corrected chi connectivity index (χ0v) is 15.0. The molecule has 0 saturated heterocycles. The van der Waals surface area contributed by atoms with Gasteiger partial charge >= 0.3 is 5.97 Å². The SMILES string of the molecule is CC(C(=O)O)n1c(=NC(=O)c2cccc(Br)c2)sc2ccccc21. The monoisotopic (exact) mass is 404 g/mol. The molecule has 0 fully saturated rings. The number of thiazole rings is 1. The van der Waals surface area contributed by atoms with Crippen molar-refractivity contribution in [2.45, 2.75) is 13.0 Å². The summed E-state index contributed by atoms with van der Waals surface area (Å²) in [6.07, 6.45) is 0. The lowest BCUT2D eigenvalue weighted by molar-refractivity contribution is -0.140. The quantitative estimate of drug-likeness (QED) is 0.720. The smallest absolute Gasteiger partial charge is 0.326 e. The molecule has 0 aliphatic heterocycles. The molecule has 0 bridgehead atoms. The van der Waals surface area contributed by atoms with Crippen LogP contribution in [0.4, 0.5) is 0 Å². The predicted molar refractivity (Wildman–Crippen MR) is 96.2 cm³/mol. The summed E-state index contributed by atoms with van der Waals surface area (Å²) in [4.78, 5) is 28.4. The number of hydrogen-bond acceptors (Lipinski definition) is 3. The van der Waals surface area contributed by atoms with Gasteiger partial charge in [0.2, 0.25) is 0 Å². The van der Waals surface area contributed by atoms with E-state index in [-0.39, 0.29) is 0 Å². The fraction of sp³-hybridized carbons (Fsp3) is 0.118. The maximum Gasteiger partial charge on any atom is 0.326 e. The summed E-state index contributed by atoms with van der Waals surface area (Å²) in [5, 5.41) is 9.38. The molecule has 0 radical (unpaired) electrons. The Bertz CT molecular complexity index is 1010. The van der Waals surface area contributed by atoms with Crippen molar-refractivity contribution in [3.8, 4) is 0 Å². The van der Waals surface area contributed by atoms with E-state index in [1.165, 1.54) is 11.3 Å². The second kappa shape index (κ2) is 6.70. The van der Waals surface area contributed by atoms with Crippen LogP contribution in [0.1, 0.15) is 23.3 Å². The number of fused-ring (bicyclic) bond motifs is 1. The van der Waals surface area contributed by atoms with E-state index < -0.39 is 17.9 Å². The molecule has 5 nitrogen and oxygen atoms in total. The standard InChI is InChI=1S/C17H13BrN2O3S/c1-10(16(22)23)20-13-7-2-3-8-14(13)24-17(20)19-15(21)11-5-4-6-12(18)9-11/h2-10H,1H3,(H,22,23). The minimum atomic E-state index is -0.977. The van der Waals surface area contributed by atoms with Crippen LogP contribution in [0.15, 0.2) is 58.0 Å². The van der Waals surface area contributed by atoms with Gasteiger partial charge in [-0.1, -0.05) is 45.5 Å². The van der Waals surface area contributed by atoms with Crippen molar-refractivity contribution in [1.82, 2.24) is 4.57 Å². The predicted octanol–water partition coefficient (Wildman–Crippen LogP) is 3.85. The molecule has 1 heterocycles. The van der Waals surface area contributed by atoms with Gasteiger partial charge in [0.25, 0.3) is 5.91 Å². The fourth-order valence-corrected chi connectivity index (χ4v) is 3.82. The van der Waals surface area contributed by atoms with E-state index in [0.29, 0.717) is 10.4 Å². The second-order valence-corrected chi connectivity index (χ2v) is 7.09. The van der Waals surface area contributed by atoms with Gasteiger partial charge in [0.1, 0.15) is 6.04 Å². The Kier molecular flexibility index (Phi) is 4.64. The molecule has 24 heavy (non-hydrogen) atoms. The molecule has 3 rings (SSSR count). The van der Waals surface area contributed by atoms with Crippen LogP contribution >= 0.6 is 27.3 Å². The van der Waals surface area contributed by atoms with Gasteiger partial charge in [-0.25, -0.2) is 4.79 Å². The van der Waals surface area contributed by atoms with Crippen LogP contribution in [0.3, 0.4) is 0 Å². The van der Waals surface area contributed by atoms with Gasteiger partial charge in [-0.15, -0.1) is 0 Å². The van der Waals surface area contributed by atoms with Gasteiger partial charge in [-0.2, -0.15) is 4.99 Å². The van der Waals surface area contributed by atoms with Crippen LogP contribution in [0.25, 0.3) is 10.2 Å². The average Bonchev–Trinajstić information content (AvgIpc) is 2.91.